The zero-order chi connectivity index (χ0) is 21.3. The van der Waals surface area contributed by atoms with Crippen molar-refractivity contribution in [3.63, 3.8) is 0 Å². The fourth-order valence-electron chi connectivity index (χ4n) is 3.28. The molecule has 1 N–H and O–H groups in total. The van der Waals surface area contributed by atoms with E-state index in [0.29, 0.717) is 17.3 Å². The van der Waals surface area contributed by atoms with Gasteiger partial charge in [-0.25, -0.2) is 17.9 Å². The molecule has 0 fully saturated rings. The van der Waals surface area contributed by atoms with Gasteiger partial charge in [-0.15, -0.1) is 5.10 Å². The van der Waals surface area contributed by atoms with Gasteiger partial charge in [0.1, 0.15) is 40.8 Å². The third-order valence-electron chi connectivity index (χ3n) is 5.00. The Balaban J connectivity index is 1.74. The average molecular weight is 415 g/mol. The second kappa shape index (κ2) is 7.71. The molecule has 0 aliphatic rings. The highest BCUT2D eigenvalue weighted by molar-refractivity contribution is 5.58. The topological polar surface area (TPSA) is 89.9 Å². The van der Waals surface area contributed by atoms with Gasteiger partial charge >= 0.3 is 0 Å². The Hall–Kier alpha value is -3.53. The fourth-order valence-corrected chi connectivity index (χ4v) is 3.28. The molecule has 2 heterocycles. The van der Waals surface area contributed by atoms with Crippen molar-refractivity contribution in [2.45, 2.75) is 25.0 Å². The van der Waals surface area contributed by atoms with Crippen LogP contribution in [0.3, 0.4) is 0 Å². The summed E-state index contributed by atoms with van der Waals surface area (Å²) in [6.45, 7) is 1.39. The van der Waals surface area contributed by atoms with Gasteiger partial charge in [0.25, 0.3) is 0 Å². The molecule has 2 aromatic carbocycles. The van der Waals surface area contributed by atoms with Gasteiger partial charge in [0.05, 0.1) is 12.5 Å². The standard InChI is InChI=1S/C20H16F3N5O2/c1-12(19-9-18(25-30-19)13-2-4-14(21)5-3-13)20(29,10-28-11-24-26-27-28)16-7-6-15(22)8-17(16)23/h2-9,11-12,29H,10H2,1H3/t12-,20+/m0/s1. The average Bonchev–Trinajstić information content (AvgIpc) is 3.40. The molecule has 7 nitrogen and oxygen atoms in total. The van der Waals surface area contributed by atoms with Crippen LogP contribution >= 0.6 is 0 Å². The molecule has 0 unspecified atom stereocenters. The number of hydrogen-bond acceptors (Lipinski definition) is 6. The predicted molar refractivity (Wildman–Crippen MR) is 98.4 cm³/mol. The van der Waals surface area contributed by atoms with Crippen LogP contribution in [-0.2, 0) is 12.1 Å². The van der Waals surface area contributed by atoms with Crippen LogP contribution < -0.4 is 0 Å². The van der Waals surface area contributed by atoms with E-state index < -0.39 is 29.0 Å². The summed E-state index contributed by atoms with van der Waals surface area (Å²) in [6, 6.07) is 10.1. The van der Waals surface area contributed by atoms with Crippen LogP contribution in [0.4, 0.5) is 13.2 Å². The van der Waals surface area contributed by atoms with Gasteiger partial charge in [0, 0.05) is 23.3 Å². The highest BCUT2D eigenvalue weighted by Crippen LogP contribution is 2.40. The van der Waals surface area contributed by atoms with Gasteiger partial charge in [0.2, 0.25) is 0 Å². The smallest absolute Gasteiger partial charge is 0.143 e. The molecular formula is C20H16F3N5O2. The number of halogens is 3. The van der Waals surface area contributed by atoms with Gasteiger partial charge in [-0.3, -0.25) is 0 Å². The lowest BCUT2D eigenvalue weighted by Gasteiger charge is -2.33. The number of tetrazole rings is 1. The molecule has 0 aliphatic carbocycles. The summed E-state index contributed by atoms with van der Waals surface area (Å²) in [6.07, 6.45) is 1.27. The third kappa shape index (κ3) is 3.69. The number of hydrogen-bond donors (Lipinski definition) is 1. The van der Waals surface area contributed by atoms with Crippen LogP contribution in [0.1, 0.15) is 24.2 Å². The molecule has 154 valence electrons. The monoisotopic (exact) mass is 415 g/mol. The van der Waals surface area contributed by atoms with Crippen molar-refractivity contribution in [3.8, 4) is 11.3 Å². The van der Waals surface area contributed by atoms with Crippen LogP contribution in [0.15, 0.2) is 59.4 Å². The summed E-state index contributed by atoms with van der Waals surface area (Å²) in [7, 11) is 0. The van der Waals surface area contributed by atoms with E-state index in [2.05, 4.69) is 20.7 Å². The van der Waals surface area contributed by atoms with Gasteiger partial charge < -0.3 is 9.63 Å². The molecule has 4 aromatic rings. The van der Waals surface area contributed by atoms with Crippen LogP contribution in [-0.4, -0.2) is 30.5 Å². The van der Waals surface area contributed by atoms with E-state index in [-0.39, 0.29) is 17.9 Å². The van der Waals surface area contributed by atoms with Gasteiger partial charge in [-0.2, -0.15) is 0 Å². The first kappa shape index (κ1) is 19.8. The Morgan fingerprint density at radius 2 is 1.80 bits per heavy atom. The van der Waals surface area contributed by atoms with Gasteiger partial charge in [0.15, 0.2) is 0 Å². The fraction of sp³-hybridized carbons (Fsp3) is 0.200. The minimum absolute atomic E-state index is 0.147. The quantitative estimate of drug-likeness (QED) is 0.519. The second-order valence-electron chi connectivity index (χ2n) is 6.90. The number of aromatic nitrogens is 5. The minimum atomic E-state index is -1.90. The maximum Gasteiger partial charge on any atom is 0.143 e. The van der Waals surface area contributed by atoms with E-state index in [1.165, 1.54) is 41.3 Å². The van der Waals surface area contributed by atoms with E-state index in [1.807, 2.05) is 0 Å². The molecule has 0 saturated heterocycles. The molecule has 0 radical (unpaired) electrons. The molecule has 2 aromatic heterocycles. The Bertz CT molecular complexity index is 1150. The van der Waals surface area contributed by atoms with E-state index >= 15 is 0 Å². The summed E-state index contributed by atoms with van der Waals surface area (Å²) in [5.41, 5.74) is -1.02. The molecule has 30 heavy (non-hydrogen) atoms. The summed E-state index contributed by atoms with van der Waals surface area (Å²) in [4.78, 5) is 0. The van der Waals surface area contributed by atoms with E-state index in [1.54, 1.807) is 13.0 Å². The maximum absolute atomic E-state index is 14.6. The number of rotatable bonds is 6. The Kier molecular flexibility index (Phi) is 5.08. The van der Waals surface area contributed by atoms with Crippen molar-refractivity contribution in [1.29, 1.82) is 0 Å². The number of nitrogens with zero attached hydrogens (tertiary/aromatic N) is 5. The molecule has 0 saturated carbocycles. The first-order valence-electron chi connectivity index (χ1n) is 8.98. The zero-order valence-electron chi connectivity index (χ0n) is 15.7. The second-order valence-corrected chi connectivity index (χ2v) is 6.90. The summed E-state index contributed by atoms with van der Waals surface area (Å²) >= 11 is 0. The van der Waals surface area contributed by atoms with Crippen molar-refractivity contribution in [3.05, 3.63) is 83.6 Å². The first-order chi connectivity index (χ1) is 14.4. The SMILES string of the molecule is C[C@@H](c1cc(-c2ccc(F)cc2)no1)[C@](O)(Cn1cnnn1)c1ccc(F)cc1F. The summed E-state index contributed by atoms with van der Waals surface area (Å²) in [5.74, 6) is -2.67. The number of benzene rings is 2. The lowest BCUT2D eigenvalue weighted by atomic mass is 9.80. The van der Waals surface area contributed by atoms with Crippen molar-refractivity contribution >= 4 is 0 Å². The molecule has 4 rings (SSSR count). The minimum Gasteiger partial charge on any atom is -0.382 e. The van der Waals surface area contributed by atoms with E-state index in [9.17, 15) is 18.3 Å². The third-order valence-corrected chi connectivity index (χ3v) is 5.00. The van der Waals surface area contributed by atoms with Crippen LogP contribution in [0.25, 0.3) is 11.3 Å². The number of aliphatic hydroxyl groups is 1. The van der Waals surface area contributed by atoms with E-state index in [0.717, 1.165) is 6.07 Å². The molecule has 2 atom stereocenters. The predicted octanol–water partition coefficient (Wildman–Crippen LogP) is 3.44. The lowest BCUT2D eigenvalue weighted by molar-refractivity contribution is -0.0185. The highest BCUT2D eigenvalue weighted by atomic mass is 19.1. The Labute approximate surface area is 168 Å². The maximum atomic E-state index is 14.6. The normalized spacial score (nSPS) is 14.4. The summed E-state index contributed by atoms with van der Waals surface area (Å²) < 4.78 is 47.9. The van der Waals surface area contributed by atoms with E-state index in [4.69, 9.17) is 4.52 Å². The molecule has 0 aliphatic heterocycles. The van der Waals surface area contributed by atoms with Crippen LogP contribution in [0, 0.1) is 17.5 Å². The zero-order valence-corrected chi connectivity index (χ0v) is 15.7. The first-order valence-corrected chi connectivity index (χ1v) is 8.98. The highest BCUT2D eigenvalue weighted by Gasteiger charge is 2.42. The van der Waals surface area contributed by atoms with Crippen LogP contribution in [0.5, 0.6) is 0 Å². The summed E-state index contributed by atoms with van der Waals surface area (Å²) in [5, 5.41) is 26.3. The molecule has 0 amide bonds. The van der Waals surface area contributed by atoms with Gasteiger partial charge in [-0.05, 0) is 40.8 Å². The van der Waals surface area contributed by atoms with Crippen molar-refractivity contribution < 1.29 is 22.8 Å². The lowest BCUT2D eigenvalue weighted by Crippen LogP contribution is -2.38. The molecule has 0 bridgehead atoms. The Morgan fingerprint density at radius 1 is 1.07 bits per heavy atom. The molecule has 10 heteroatoms. The molecular weight excluding hydrogens is 399 g/mol. The van der Waals surface area contributed by atoms with Crippen molar-refractivity contribution in [1.82, 2.24) is 25.4 Å². The van der Waals surface area contributed by atoms with Crippen LogP contribution in [0.2, 0.25) is 0 Å². The Morgan fingerprint density at radius 3 is 2.47 bits per heavy atom. The van der Waals surface area contributed by atoms with Gasteiger partial charge in [-0.1, -0.05) is 18.1 Å². The van der Waals surface area contributed by atoms with Crippen molar-refractivity contribution in [2.24, 2.45) is 0 Å². The molecule has 0 spiro atoms. The largest absolute Gasteiger partial charge is 0.382 e. The van der Waals surface area contributed by atoms with Crippen molar-refractivity contribution in [2.75, 3.05) is 0 Å².